The smallest absolute Gasteiger partial charge is 0.162 e. The lowest BCUT2D eigenvalue weighted by Crippen LogP contribution is -2.45. The number of hydrogen-bond acceptors (Lipinski definition) is 4. The number of nitrogens with one attached hydrogen (secondary N) is 1. The SMILES string of the molecule is Cc1ccc(/C(O)=C2\C(=N)N(c3cccc(Cl)c3)C3=C(C(=O)CC(C)(C)C3)C2c2cccs2)cc1. The second-order valence-electron chi connectivity index (χ2n) is 10.0. The number of hydrogen-bond donors (Lipinski definition) is 2. The van der Waals surface area contributed by atoms with Crippen LogP contribution in [-0.2, 0) is 4.79 Å². The number of rotatable bonds is 3. The van der Waals surface area contributed by atoms with Crippen molar-refractivity contribution < 1.29 is 9.90 Å². The molecule has 2 aromatic carbocycles. The summed E-state index contributed by atoms with van der Waals surface area (Å²) in [5.41, 5.74) is 4.08. The maximum Gasteiger partial charge on any atom is 0.162 e. The summed E-state index contributed by atoms with van der Waals surface area (Å²) in [6, 6.07) is 18.9. The summed E-state index contributed by atoms with van der Waals surface area (Å²) in [5.74, 6) is -0.265. The topological polar surface area (TPSA) is 64.4 Å². The van der Waals surface area contributed by atoms with Crippen molar-refractivity contribution in [3.05, 3.63) is 104 Å². The molecule has 0 radical (unpaired) electrons. The average molecular weight is 503 g/mol. The first-order valence-electron chi connectivity index (χ1n) is 11.6. The molecular formula is C29H27ClN2O2S. The second kappa shape index (κ2) is 8.81. The van der Waals surface area contributed by atoms with E-state index in [0.29, 0.717) is 40.3 Å². The molecule has 1 unspecified atom stereocenters. The first-order valence-corrected chi connectivity index (χ1v) is 12.9. The number of carbonyl (C=O) groups is 1. The standard InChI is InChI=1S/C29H27ClN2O2S/c1-17-9-11-18(12-10-17)27(34)26-25(23-8-5-13-35-23)24-21(15-29(2,3)16-22(24)33)32(28(26)31)20-7-4-6-19(30)14-20/h4-14,25,31,34H,15-16H2,1-3H3/b27-26+,31-28?. The van der Waals surface area contributed by atoms with Gasteiger partial charge in [0.1, 0.15) is 11.6 Å². The van der Waals surface area contributed by atoms with E-state index >= 15 is 0 Å². The van der Waals surface area contributed by atoms with Gasteiger partial charge in [-0.1, -0.05) is 67.4 Å². The van der Waals surface area contributed by atoms with Crippen molar-refractivity contribution in [3.63, 3.8) is 0 Å². The number of amidine groups is 1. The lowest BCUT2D eigenvalue weighted by Gasteiger charge is -2.45. The van der Waals surface area contributed by atoms with E-state index in [0.717, 1.165) is 16.1 Å². The van der Waals surface area contributed by atoms with Crippen LogP contribution in [0.25, 0.3) is 5.76 Å². The van der Waals surface area contributed by atoms with Crippen molar-refractivity contribution in [1.29, 1.82) is 5.41 Å². The summed E-state index contributed by atoms with van der Waals surface area (Å²) in [5, 5.41) is 23.6. The fraction of sp³-hybridized carbons (Fsp3) is 0.241. The third-order valence-electron chi connectivity index (χ3n) is 6.70. The number of nitrogens with zero attached hydrogens (tertiary/aromatic N) is 1. The number of carbonyl (C=O) groups excluding carboxylic acids is 1. The van der Waals surface area contributed by atoms with Gasteiger partial charge in [-0.2, -0.15) is 0 Å². The zero-order valence-corrected chi connectivity index (χ0v) is 21.5. The molecule has 3 aromatic rings. The number of aliphatic hydroxyl groups is 1. The van der Waals surface area contributed by atoms with Gasteiger partial charge in [-0.15, -0.1) is 11.3 Å². The molecule has 5 rings (SSSR count). The minimum atomic E-state index is -0.502. The third-order valence-corrected chi connectivity index (χ3v) is 7.87. The van der Waals surface area contributed by atoms with E-state index in [1.165, 1.54) is 11.3 Å². The fourth-order valence-corrected chi connectivity index (χ4v) is 6.15. The van der Waals surface area contributed by atoms with E-state index in [4.69, 9.17) is 11.6 Å². The highest BCUT2D eigenvalue weighted by Gasteiger charge is 2.47. The Morgan fingerprint density at radius 3 is 2.51 bits per heavy atom. The Labute approximate surface area is 214 Å². The Kier molecular flexibility index (Phi) is 5.94. The molecule has 0 saturated heterocycles. The molecule has 1 atom stereocenters. The van der Waals surface area contributed by atoms with Crippen molar-refractivity contribution in [2.24, 2.45) is 5.41 Å². The van der Waals surface area contributed by atoms with Gasteiger partial charge in [0.15, 0.2) is 5.78 Å². The maximum absolute atomic E-state index is 13.8. The number of aliphatic hydroxyl groups excluding tert-OH is 1. The van der Waals surface area contributed by atoms with Gasteiger partial charge < -0.3 is 5.11 Å². The number of aryl methyl sites for hydroxylation is 1. The number of thiophene rings is 1. The predicted octanol–water partition coefficient (Wildman–Crippen LogP) is 7.90. The van der Waals surface area contributed by atoms with Crippen molar-refractivity contribution in [2.75, 3.05) is 4.90 Å². The van der Waals surface area contributed by atoms with E-state index in [2.05, 4.69) is 13.8 Å². The van der Waals surface area contributed by atoms with Gasteiger partial charge >= 0.3 is 0 Å². The molecule has 4 nitrogen and oxygen atoms in total. The molecule has 178 valence electrons. The summed E-state index contributed by atoms with van der Waals surface area (Å²) in [6.07, 6.45) is 1.06. The largest absolute Gasteiger partial charge is 0.507 e. The summed E-state index contributed by atoms with van der Waals surface area (Å²) in [6.45, 7) is 6.17. The molecule has 1 aromatic heterocycles. The number of ketones is 1. The van der Waals surface area contributed by atoms with Gasteiger partial charge in [-0.25, -0.2) is 0 Å². The average Bonchev–Trinajstić information content (AvgIpc) is 3.32. The fourth-order valence-electron chi connectivity index (χ4n) is 5.12. The van der Waals surface area contributed by atoms with Crippen LogP contribution in [-0.4, -0.2) is 16.7 Å². The van der Waals surface area contributed by atoms with Crippen LogP contribution in [0.5, 0.6) is 0 Å². The second-order valence-corrected chi connectivity index (χ2v) is 11.5. The van der Waals surface area contributed by atoms with Crippen LogP contribution in [0.3, 0.4) is 0 Å². The molecule has 0 amide bonds. The molecule has 0 spiro atoms. The molecule has 6 heteroatoms. The highest BCUT2D eigenvalue weighted by molar-refractivity contribution is 7.10. The summed E-state index contributed by atoms with van der Waals surface area (Å²) in [4.78, 5) is 16.5. The van der Waals surface area contributed by atoms with Crippen molar-refractivity contribution in [2.45, 2.75) is 39.5 Å². The van der Waals surface area contributed by atoms with Crippen LogP contribution >= 0.6 is 22.9 Å². The van der Waals surface area contributed by atoms with Crippen LogP contribution in [0.1, 0.15) is 48.6 Å². The van der Waals surface area contributed by atoms with E-state index in [1.54, 1.807) is 12.1 Å². The molecule has 2 aliphatic rings. The van der Waals surface area contributed by atoms with E-state index in [-0.39, 0.29) is 22.8 Å². The minimum Gasteiger partial charge on any atom is -0.507 e. The van der Waals surface area contributed by atoms with Crippen LogP contribution < -0.4 is 4.90 Å². The zero-order valence-electron chi connectivity index (χ0n) is 19.9. The molecule has 0 bridgehead atoms. The Morgan fingerprint density at radius 2 is 1.86 bits per heavy atom. The molecule has 35 heavy (non-hydrogen) atoms. The Morgan fingerprint density at radius 1 is 1.11 bits per heavy atom. The quantitative estimate of drug-likeness (QED) is 0.358. The lowest BCUT2D eigenvalue weighted by atomic mass is 9.68. The predicted molar refractivity (Wildman–Crippen MR) is 144 cm³/mol. The number of benzene rings is 2. The Hall–Kier alpha value is -3.15. The Balaban J connectivity index is 1.84. The molecule has 0 saturated carbocycles. The maximum atomic E-state index is 13.8. The third kappa shape index (κ3) is 4.24. The van der Waals surface area contributed by atoms with Gasteiger partial charge in [0.05, 0.1) is 11.5 Å². The number of allylic oxidation sites excluding steroid dienone is 2. The van der Waals surface area contributed by atoms with Crippen molar-refractivity contribution >= 4 is 46.0 Å². The highest BCUT2D eigenvalue weighted by Crippen LogP contribution is 2.52. The molecule has 2 heterocycles. The van der Waals surface area contributed by atoms with Crippen molar-refractivity contribution in [3.8, 4) is 0 Å². The summed E-state index contributed by atoms with van der Waals surface area (Å²) >= 11 is 7.89. The van der Waals surface area contributed by atoms with E-state index < -0.39 is 5.92 Å². The number of halogens is 1. The van der Waals surface area contributed by atoms with E-state index in [9.17, 15) is 15.3 Å². The molecule has 1 aliphatic heterocycles. The molecule has 1 aliphatic carbocycles. The Bertz CT molecular complexity index is 1380. The van der Waals surface area contributed by atoms with Gasteiger partial charge in [-0.3, -0.25) is 15.1 Å². The van der Waals surface area contributed by atoms with Gasteiger partial charge in [-0.05, 0) is 48.4 Å². The first-order chi connectivity index (χ1) is 16.7. The molecule has 2 N–H and O–H groups in total. The van der Waals surface area contributed by atoms with E-state index in [1.807, 2.05) is 65.7 Å². The first kappa shape index (κ1) is 23.6. The summed E-state index contributed by atoms with van der Waals surface area (Å²) in [7, 11) is 0. The van der Waals surface area contributed by atoms with Gasteiger partial charge in [0, 0.05) is 38.8 Å². The van der Waals surface area contributed by atoms with Crippen LogP contribution in [0.4, 0.5) is 5.69 Å². The van der Waals surface area contributed by atoms with Gasteiger partial charge in [0.2, 0.25) is 0 Å². The van der Waals surface area contributed by atoms with Crippen LogP contribution in [0, 0.1) is 17.7 Å². The monoisotopic (exact) mass is 502 g/mol. The molecule has 0 fully saturated rings. The zero-order chi connectivity index (χ0) is 24.9. The lowest BCUT2D eigenvalue weighted by molar-refractivity contribution is -0.118. The summed E-state index contributed by atoms with van der Waals surface area (Å²) < 4.78 is 0. The normalized spacial score (nSPS) is 21.3. The number of anilines is 1. The minimum absolute atomic E-state index is 0.0182. The van der Waals surface area contributed by atoms with Crippen molar-refractivity contribution in [1.82, 2.24) is 0 Å². The van der Waals surface area contributed by atoms with Crippen LogP contribution in [0.15, 0.2) is 82.9 Å². The van der Waals surface area contributed by atoms with Gasteiger partial charge in [0.25, 0.3) is 0 Å². The number of Topliss-reactive ketones (excluding diaryl/α,β-unsaturated/α-hetero) is 1. The highest BCUT2D eigenvalue weighted by atomic mass is 35.5. The molecular weight excluding hydrogens is 476 g/mol. The van der Waals surface area contributed by atoms with Crippen LogP contribution in [0.2, 0.25) is 5.02 Å².